The highest BCUT2D eigenvalue weighted by Crippen LogP contribution is 2.25. The number of aryl methyl sites for hydroxylation is 2. The van der Waals surface area contributed by atoms with Gasteiger partial charge in [-0.2, -0.15) is 0 Å². The fraction of sp³-hybridized carbons (Fsp3) is 0.154. The monoisotopic (exact) mass is 255 g/mol. The van der Waals surface area contributed by atoms with Crippen LogP contribution in [0.25, 0.3) is 22.6 Å². The van der Waals surface area contributed by atoms with Crippen molar-refractivity contribution in [3.63, 3.8) is 0 Å². The third-order valence-electron chi connectivity index (χ3n) is 2.88. The van der Waals surface area contributed by atoms with Crippen molar-refractivity contribution in [3.8, 4) is 11.3 Å². The van der Waals surface area contributed by atoms with Crippen LogP contribution in [0.15, 0.2) is 23.0 Å². The molecular formula is C13H13N5O. The molecule has 0 saturated heterocycles. The lowest BCUT2D eigenvalue weighted by atomic mass is 10.0. The standard InChI is InChI=1S/C13H13N5O/c1-6-3-7(2)5-8(4-6)9-10(14)16-12-11(15-9)17-13(19)18-12/h3-5H,1-2H3,(H4,14,15,16,17,18,19). The lowest BCUT2D eigenvalue weighted by Gasteiger charge is -2.06. The molecule has 6 nitrogen and oxygen atoms in total. The van der Waals surface area contributed by atoms with E-state index in [4.69, 9.17) is 5.73 Å². The third-order valence-corrected chi connectivity index (χ3v) is 2.88. The zero-order valence-electron chi connectivity index (χ0n) is 10.6. The van der Waals surface area contributed by atoms with Crippen molar-refractivity contribution in [1.29, 1.82) is 0 Å². The maximum absolute atomic E-state index is 11.2. The fourth-order valence-corrected chi connectivity index (χ4v) is 2.19. The molecule has 96 valence electrons. The van der Waals surface area contributed by atoms with Gasteiger partial charge in [-0.15, -0.1) is 0 Å². The van der Waals surface area contributed by atoms with E-state index in [1.807, 2.05) is 26.0 Å². The summed E-state index contributed by atoms with van der Waals surface area (Å²) in [7, 11) is 0. The van der Waals surface area contributed by atoms with E-state index < -0.39 is 0 Å². The quantitative estimate of drug-likeness (QED) is 0.613. The molecule has 19 heavy (non-hydrogen) atoms. The minimum atomic E-state index is -0.341. The number of nitrogens with one attached hydrogen (secondary N) is 2. The molecule has 0 aliphatic carbocycles. The molecule has 3 aromatic rings. The molecule has 1 aromatic carbocycles. The number of rotatable bonds is 1. The number of H-pyrrole nitrogens is 2. The smallest absolute Gasteiger partial charge is 0.326 e. The van der Waals surface area contributed by atoms with Crippen molar-refractivity contribution in [1.82, 2.24) is 19.9 Å². The predicted molar refractivity (Wildman–Crippen MR) is 73.8 cm³/mol. The summed E-state index contributed by atoms with van der Waals surface area (Å²) in [6.07, 6.45) is 0. The van der Waals surface area contributed by atoms with Gasteiger partial charge in [0.25, 0.3) is 0 Å². The van der Waals surface area contributed by atoms with Gasteiger partial charge >= 0.3 is 5.69 Å². The molecule has 0 spiro atoms. The van der Waals surface area contributed by atoms with E-state index in [0.717, 1.165) is 16.7 Å². The van der Waals surface area contributed by atoms with Crippen molar-refractivity contribution < 1.29 is 0 Å². The van der Waals surface area contributed by atoms with Gasteiger partial charge in [0.05, 0.1) is 0 Å². The molecular weight excluding hydrogens is 242 g/mol. The van der Waals surface area contributed by atoms with E-state index in [9.17, 15) is 4.79 Å². The Morgan fingerprint density at radius 2 is 1.58 bits per heavy atom. The van der Waals surface area contributed by atoms with Crippen molar-refractivity contribution >= 4 is 17.1 Å². The second-order valence-electron chi connectivity index (χ2n) is 4.61. The third kappa shape index (κ3) is 1.97. The molecule has 0 amide bonds. The number of fused-ring (bicyclic) bond motifs is 1. The number of aromatic nitrogens is 4. The summed E-state index contributed by atoms with van der Waals surface area (Å²) < 4.78 is 0. The van der Waals surface area contributed by atoms with Crippen molar-refractivity contribution in [2.24, 2.45) is 0 Å². The summed E-state index contributed by atoms with van der Waals surface area (Å²) in [5.74, 6) is 0.299. The van der Waals surface area contributed by atoms with Crippen LogP contribution in [0, 0.1) is 13.8 Å². The van der Waals surface area contributed by atoms with Crippen molar-refractivity contribution in [3.05, 3.63) is 39.8 Å². The zero-order chi connectivity index (χ0) is 13.6. The van der Waals surface area contributed by atoms with Crippen LogP contribution in [0.5, 0.6) is 0 Å². The first-order valence-corrected chi connectivity index (χ1v) is 5.87. The molecule has 0 fully saturated rings. The Hall–Kier alpha value is -2.63. The number of hydrogen-bond acceptors (Lipinski definition) is 4. The van der Waals surface area contributed by atoms with E-state index in [2.05, 4.69) is 26.0 Å². The SMILES string of the molecule is Cc1cc(C)cc(-c2nc3[nH]c(=O)[nH]c3nc2N)c1. The first kappa shape index (κ1) is 11.5. The van der Waals surface area contributed by atoms with Gasteiger partial charge in [-0.3, -0.25) is 9.97 Å². The van der Waals surface area contributed by atoms with Crippen molar-refractivity contribution in [2.45, 2.75) is 13.8 Å². The number of nitrogens with two attached hydrogens (primary N) is 1. The number of imidazole rings is 1. The summed E-state index contributed by atoms with van der Waals surface area (Å²) >= 11 is 0. The second-order valence-corrected chi connectivity index (χ2v) is 4.61. The van der Waals surface area contributed by atoms with E-state index in [-0.39, 0.29) is 5.69 Å². The van der Waals surface area contributed by atoms with Gasteiger partial charge in [-0.05, 0) is 26.0 Å². The minimum absolute atomic E-state index is 0.299. The average molecular weight is 255 g/mol. The molecule has 0 aliphatic heterocycles. The van der Waals surface area contributed by atoms with Crippen LogP contribution in [0.4, 0.5) is 5.82 Å². The maximum atomic E-state index is 11.2. The van der Waals surface area contributed by atoms with Crippen LogP contribution in [-0.2, 0) is 0 Å². The van der Waals surface area contributed by atoms with Crippen LogP contribution in [0.1, 0.15) is 11.1 Å². The van der Waals surface area contributed by atoms with E-state index in [1.165, 1.54) is 0 Å². The molecule has 2 aromatic heterocycles. The average Bonchev–Trinajstić information content (AvgIpc) is 2.65. The van der Waals surface area contributed by atoms with E-state index in [1.54, 1.807) is 0 Å². The van der Waals surface area contributed by atoms with Gasteiger partial charge in [0.1, 0.15) is 5.69 Å². The first-order valence-electron chi connectivity index (χ1n) is 5.87. The molecule has 0 aliphatic rings. The summed E-state index contributed by atoms with van der Waals surface area (Å²) in [6, 6.07) is 6.05. The summed E-state index contributed by atoms with van der Waals surface area (Å²) in [5.41, 5.74) is 10.1. The first-order chi connectivity index (χ1) is 9.02. The molecule has 0 atom stereocenters. The highest BCUT2D eigenvalue weighted by atomic mass is 16.1. The van der Waals surface area contributed by atoms with Gasteiger partial charge < -0.3 is 5.73 Å². The topological polar surface area (TPSA) is 100 Å². The summed E-state index contributed by atoms with van der Waals surface area (Å²) in [4.78, 5) is 24.9. The van der Waals surface area contributed by atoms with Crippen LogP contribution >= 0.6 is 0 Å². The maximum Gasteiger partial charge on any atom is 0.326 e. The predicted octanol–water partition coefficient (Wildman–Crippen LogP) is 1.51. The second kappa shape index (κ2) is 3.94. The number of nitrogen functional groups attached to an aromatic ring is 1. The zero-order valence-corrected chi connectivity index (χ0v) is 10.6. The Labute approximate surface area is 108 Å². The highest BCUT2D eigenvalue weighted by molar-refractivity contribution is 5.78. The number of nitrogens with zero attached hydrogens (tertiary/aromatic N) is 2. The van der Waals surface area contributed by atoms with Crippen LogP contribution in [0.3, 0.4) is 0 Å². The Kier molecular flexibility index (Phi) is 2.38. The molecule has 2 heterocycles. The molecule has 4 N–H and O–H groups in total. The molecule has 0 bridgehead atoms. The Morgan fingerprint density at radius 3 is 2.21 bits per heavy atom. The van der Waals surface area contributed by atoms with E-state index in [0.29, 0.717) is 22.8 Å². The molecule has 0 unspecified atom stereocenters. The molecule has 0 radical (unpaired) electrons. The highest BCUT2D eigenvalue weighted by Gasteiger charge is 2.11. The Bertz CT molecular complexity index is 810. The number of hydrogen-bond donors (Lipinski definition) is 3. The van der Waals surface area contributed by atoms with Gasteiger partial charge in [0.2, 0.25) is 0 Å². The van der Waals surface area contributed by atoms with Crippen molar-refractivity contribution in [2.75, 3.05) is 5.73 Å². The van der Waals surface area contributed by atoms with Gasteiger partial charge in [-0.1, -0.05) is 17.2 Å². The van der Waals surface area contributed by atoms with Gasteiger partial charge in [-0.25, -0.2) is 14.8 Å². The summed E-state index contributed by atoms with van der Waals surface area (Å²) in [5, 5.41) is 0. The molecule has 6 heteroatoms. The Balaban J connectivity index is 2.28. The van der Waals surface area contributed by atoms with Crippen LogP contribution in [-0.4, -0.2) is 19.9 Å². The molecule has 0 saturated carbocycles. The number of aromatic amines is 2. The van der Waals surface area contributed by atoms with E-state index >= 15 is 0 Å². The number of benzene rings is 1. The van der Waals surface area contributed by atoms with Crippen LogP contribution in [0.2, 0.25) is 0 Å². The fourth-order valence-electron chi connectivity index (χ4n) is 2.19. The lowest BCUT2D eigenvalue weighted by molar-refractivity contribution is 1.20. The normalized spacial score (nSPS) is 11.1. The van der Waals surface area contributed by atoms with Gasteiger partial charge in [0, 0.05) is 5.56 Å². The largest absolute Gasteiger partial charge is 0.382 e. The summed E-state index contributed by atoms with van der Waals surface area (Å²) in [6.45, 7) is 4.02. The Morgan fingerprint density at radius 1 is 1.00 bits per heavy atom. The lowest BCUT2D eigenvalue weighted by Crippen LogP contribution is -1.99. The molecule has 3 rings (SSSR count). The van der Waals surface area contributed by atoms with Crippen LogP contribution < -0.4 is 11.4 Å². The minimum Gasteiger partial charge on any atom is -0.382 e. The van der Waals surface area contributed by atoms with Gasteiger partial charge in [0.15, 0.2) is 17.1 Å². The number of anilines is 1.